The number of carbonyl (C=O) groups excluding carboxylic acids is 1. The second-order valence-corrected chi connectivity index (χ2v) is 3.64. The fourth-order valence-electron chi connectivity index (χ4n) is 1.31. The molecule has 4 nitrogen and oxygen atoms in total. The first-order valence-corrected chi connectivity index (χ1v) is 4.84. The van der Waals surface area contributed by atoms with E-state index in [0.29, 0.717) is 21.5 Å². The van der Waals surface area contributed by atoms with E-state index in [1.54, 1.807) is 12.1 Å². The number of halogens is 1. The SMILES string of the molecule is NCC(=O)c1c(Br)ccc2c1OCO2. The highest BCUT2D eigenvalue weighted by atomic mass is 79.9. The fourth-order valence-corrected chi connectivity index (χ4v) is 1.84. The van der Waals surface area contributed by atoms with Gasteiger partial charge in [0.15, 0.2) is 17.3 Å². The van der Waals surface area contributed by atoms with E-state index in [-0.39, 0.29) is 19.1 Å². The van der Waals surface area contributed by atoms with E-state index in [1.807, 2.05) is 0 Å². The third kappa shape index (κ3) is 1.38. The summed E-state index contributed by atoms with van der Waals surface area (Å²) in [4.78, 5) is 11.5. The number of nitrogens with two attached hydrogens (primary N) is 1. The van der Waals surface area contributed by atoms with E-state index in [1.165, 1.54) is 0 Å². The van der Waals surface area contributed by atoms with Gasteiger partial charge in [-0.05, 0) is 28.1 Å². The third-order valence-corrected chi connectivity index (χ3v) is 2.61. The lowest BCUT2D eigenvalue weighted by molar-refractivity contribution is 0.0996. The normalized spacial score (nSPS) is 13.0. The van der Waals surface area contributed by atoms with Crippen LogP contribution in [-0.4, -0.2) is 19.1 Å². The summed E-state index contributed by atoms with van der Waals surface area (Å²) in [6.45, 7) is 0.106. The Morgan fingerprint density at radius 1 is 1.50 bits per heavy atom. The summed E-state index contributed by atoms with van der Waals surface area (Å²) in [5.74, 6) is 0.902. The highest BCUT2D eigenvalue weighted by Gasteiger charge is 2.23. The van der Waals surface area contributed by atoms with Gasteiger partial charge in [0.05, 0.1) is 12.1 Å². The molecule has 1 heterocycles. The van der Waals surface area contributed by atoms with Gasteiger partial charge in [0, 0.05) is 4.47 Å². The molecule has 2 rings (SSSR count). The van der Waals surface area contributed by atoms with Crippen molar-refractivity contribution >= 4 is 21.7 Å². The molecule has 0 saturated heterocycles. The lowest BCUT2D eigenvalue weighted by Crippen LogP contribution is -2.14. The maximum atomic E-state index is 11.5. The maximum Gasteiger partial charge on any atom is 0.231 e. The first kappa shape index (κ1) is 9.48. The lowest BCUT2D eigenvalue weighted by Gasteiger charge is -2.05. The van der Waals surface area contributed by atoms with Gasteiger partial charge in [-0.15, -0.1) is 0 Å². The molecule has 1 aliphatic heterocycles. The molecule has 0 bridgehead atoms. The summed E-state index contributed by atoms with van der Waals surface area (Å²) >= 11 is 3.28. The van der Waals surface area contributed by atoms with Gasteiger partial charge in [-0.25, -0.2) is 0 Å². The molecule has 0 aliphatic carbocycles. The minimum absolute atomic E-state index is 0.0432. The number of carbonyl (C=O) groups is 1. The van der Waals surface area contributed by atoms with Crippen LogP contribution in [-0.2, 0) is 0 Å². The van der Waals surface area contributed by atoms with Gasteiger partial charge in [-0.1, -0.05) is 0 Å². The topological polar surface area (TPSA) is 61.6 Å². The van der Waals surface area contributed by atoms with Crippen LogP contribution in [0.5, 0.6) is 11.5 Å². The molecule has 0 unspecified atom stereocenters. The van der Waals surface area contributed by atoms with Gasteiger partial charge in [0.2, 0.25) is 6.79 Å². The zero-order valence-electron chi connectivity index (χ0n) is 7.25. The van der Waals surface area contributed by atoms with Crippen molar-refractivity contribution in [1.29, 1.82) is 0 Å². The molecular formula is C9H8BrNO3. The number of ketones is 1. The van der Waals surface area contributed by atoms with Crippen LogP contribution in [0.2, 0.25) is 0 Å². The molecule has 1 aromatic carbocycles. The fraction of sp³-hybridized carbons (Fsp3) is 0.222. The van der Waals surface area contributed by atoms with Crippen molar-refractivity contribution in [1.82, 2.24) is 0 Å². The summed E-state index contributed by atoms with van der Waals surface area (Å²) in [5, 5.41) is 0. The van der Waals surface area contributed by atoms with Crippen molar-refractivity contribution in [2.75, 3.05) is 13.3 Å². The molecule has 0 amide bonds. The molecule has 0 saturated carbocycles. The van der Waals surface area contributed by atoms with Crippen LogP contribution in [0.25, 0.3) is 0 Å². The first-order valence-electron chi connectivity index (χ1n) is 4.05. The summed E-state index contributed by atoms with van der Waals surface area (Å²) in [5.41, 5.74) is 5.76. The zero-order chi connectivity index (χ0) is 10.1. The minimum atomic E-state index is -0.167. The van der Waals surface area contributed by atoms with Gasteiger partial charge in [-0.2, -0.15) is 0 Å². The minimum Gasteiger partial charge on any atom is -0.454 e. The smallest absolute Gasteiger partial charge is 0.231 e. The Kier molecular flexibility index (Phi) is 2.43. The van der Waals surface area contributed by atoms with Crippen LogP contribution in [0.1, 0.15) is 10.4 Å². The maximum absolute atomic E-state index is 11.5. The third-order valence-electron chi connectivity index (χ3n) is 1.95. The highest BCUT2D eigenvalue weighted by Crippen LogP contribution is 2.39. The average Bonchev–Trinajstić information content (AvgIpc) is 2.64. The van der Waals surface area contributed by atoms with Gasteiger partial charge in [0.25, 0.3) is 0 Å². The van der Waals surface area contributed by atoms with Crippen molar-refractivity contribution in [3.05, 3.63) is 22.2 Å². The molecule has 0 radical (unpaired) electrons. The number of rotatable bonds is 2. The summed E-state index contributed by atoms with van der Waals surface area (Å²) in [6.07, 6.45) is 0. The monoisotopic (exact) mass is 257 g/mol. The van der Waals surface area contributed by atoms with Crippen LogP contribution in [0, 0.1) is 0 Å². The van der Waals surface area contributed by atoms with Crippen LogP contribution in [0.3, 0.4) is 0 Å². The second-order valence-electron chi connectivity index (χ2n) is 2.78. The molecule has 0 atom stereocenters. The summed E-state index contributed by atoms with van der Waals surface area (Å²) in [6, 6.07) is 3.50. The number of Topliss-reactive ketones (excluding diaryl/α,β-unsaturated/α-hetero) is 1. The van der Waals surface area contributed by atoms with Crippen molar-refractivity contribution < 1.29 is 14.3 Å². The van der Waals surface area contributed by atoms with E-state index in [4.69, 9.17) is 15.2 Å². The van der Waals surface area contributed by atoms with Crippen LogP contribution in [0.4, 0.5) is 0 Å². The van der Waals surface area contributed by atoms with Crippen molar-refractivity contribution in [2.45, 2.75) is 0 Å². The van der Waals surface area contributed by atoms with E-state index in [0.717, 1.165) is 0 Å². The predicted octanol–water partition coefficient (Wildman–Crippen LogP) is 1.32. The van der Waals surface area contributed by atoms with Gasteiger partial charge < -0.3 is 15.2 Å². The highest BCUT2D eigenvalue weighted by molar-refractivity contribution is 9.10. The van der Waals surface area contributed by atoms with Crippen molar-refractivity contribution in [2.24, 2.45) is 5.73 Å². The molecule has 0 aromatic heterocycles. The molecular weight excluding hydrogens is 250 g/mol. The zero-order valence-corrected chi connectivity index (χ0v) is 8.83. The Bertz CT molecular complexity index is 392. The van der Waals surface area contributed by atoms with Gasteiger partial charge in [0.1, 0.15) is 0 Å². The number of fused-ring (bicyclic) bond motifs is 1. The number of benzene rings is 1. The Labute approximate surface area is 89.1 Å². The van der Waals surface area contributed by atoms with Crippen LogP contribution < -0.4 is 15.2 Å². The molecule has 1 aromatic rings. The number of ether oxygens (including phenoxy) is 2. The average molecular weight is 258 g/mol. The quantitative estimate of drug-likeness (QED) is 0.812. The first-order chi connectivity index (χ1) is 6.74. The van der Waals surface area contributed by atoms with Crippen molar-refractivity contribution in [3.8, 4) is 11.5 Å². The standard InChI is InChI=1S/C9H8BrNO3/c10-5-1-2-7-9(14-4-13-7)8(5)6(12)3-11/h1-2H,3-4,11H2. The molecule has 0 fully saturated rings. The van der Waals surface area contributed by atoms with E-state index in [9.17, 15) is 4.79 Å². The number of hydrogen-bond acceptors (Lipinski definition) is 4. The molecule has 0 spiro atoms. The molecule has 14 heavy (non-hydrogen) atoms. The lowest BCUT2D eigenvalue weighted by atomic mass is 10.1. The molecule has 1 aliphatic rings. The van der Waals surface area contributed by atoms with E-state index >= 15 is 0 Å². The number of hydrogen-bond donors (Lipinski definition) is 1. The van der Waals surface area contributed by atoms with Crippen molar-refractivity contribution in [3.63, 3.8) is 0 Å². The predicted molar refractivity (Wildman–Crippen MR) is 53.6 cm³/mol. The summed E-state index contributed by atoms with van der Waals surface area (Å²) in [7, 11) is 0. The van der Waals surface area contributed by atoms with Gasteiger partial charge >= 0.3 is 0 Å². The van der Waals surface area contributed by atoms with E-state index < -0.39 is 0 Å². The Morgan fingerprint density at radius 3 is 3.00 bits per heavy atom. The Morgan fingerprint density at radius 2 is 2.29 bits per heavy atom. The molecule has 2 N–H and O–H groups in total. The molecule has 74 valence electrons. The Balaban J connectivity index is 2.57. The largest absolute Gasteiger partial charge is 0.454 e. The second kappa shape index (κ2) is 3.59. The van der Waals surface area contributed by atoms with Crippen LogP contribution >= 0.6 is 15.9 Å². The molecule has 5 heteroatoms. The van der Waals surface area contributed by atoms with E-state index in [2.05, 4.69) is 15.9 Å². The summed E-state index contributed by atoms with van der Waals surface area (Å²) < 4.78 is 11.0. The van der Waals surface area contributed by atoms with Gasteiger partial charge in [-0.3, -0.25) is 4.79 Å². The van der Waals surface area contributed by atoms with Crippen LogP contribution in [0.15, 0.2) is 16.6 Å². The Hall–Kier alpha value is -1.07.